The molecule has 1 N–H and O–H groups in total. The number of aliphatic hydroxyl groups is 1. The van der Waals surface area contributed by atoms with Crippen molar-refractivity contribution in [3.8, 4) is 0 Å². The van der Waals surface area contributed by atoms with E-state index >= 15 is 0 Å². The van der Waals surface area contributed by atoms with E-state index in [1.165, 1.54) is 16.6 Å². The molecule has 90 valence electrons. The highest BCUT2D eigenvalue weighted by atomic mass is 32.2. The van der Waals surface area contributed by atoms with Crippen LogP contribution in [-0.2, 0) is 0 Å². The number of rotatable bonds is 5. The van der Waals surface area contributed by atoms with Crippen molar-refractivity contribution < 1.29 is 9.90 Å². The zero-order valence-electron chi connectivity index (χ0n) is 10.1. The standard InChI is InChI=1S/C12H18O2S2/c1-7-5-11(10(4)16-7)12(14)6-15-9(3)8(2)13/h5,8-9,13H,6H2,1-4H3. The third-order valence-electron chi connectivity index (χ3n) is 2.50. The zero-order chi connectivity index (χ0) is 12.3. The van der Waals surface area contributed by atoms with Gasteiger partial charge in [0, 0.05) is 20.6 Å². The molecule has 1 rings (SSSR count). The summed E-state index contributed by atoms with van der Waals surface area (Å²) < 4.78 is 0. The molecule has 4 heteroatoms. The second-order valence-corrected chi connectivity index (χ2v) is 6.83. The fourth-order valence-corrected chi connectivity index (χ4v) is 3.12. The van der Waals surface area contributed by atoms with E-state index in [1.54, 1.807) is 18.3 Å². The lowest BCUT2D eigenvalue weighted by Gasteiger charge is -2.13. The number of ketones is 1. The van der Waals surface area contributed by atoms with E-state index in [0.29, 0.717) is 5.75 Å². The summed E-state index contributed by atoms with van der Waals surface area (Å²) in [4.78, 5) is 14.2. The molecule has 0 radical (unpaired) electrons. The van der Waals surface area contributed by atoms with Crippen LogP contribution in [0.1, 0.15) is 34.0 Å². The second-order valence-electron chi connectivity index (χ2n) is 4.01. The fourth-order valence-electron chi connectivity index (χ4n) is 1.33. The number of aryl methyl sites for hydroxylation is 2. The molecule has 0 aromatic carbocycles. The Morgan fingerprint density at radius 1 is 1.50 bits per heavy atom. The summed E-state index contributed by atoms with van der Waals surface area (Å²) >= 11 is 3.17. The van der Waals surface area contributed by atoms with Gasteiger partial charge in [-0.25, -0.2) is 0 Å². The molecule has 0 amide bonds. The monoisotopic (exact) mass is 258 g/mol. The molecule has 0 spiro atoms. The summed E-state index contributed by atoms with van der Waals surface area (Å²) in [7, 11) is 0. The third-order valence-corrected chi connectivity index (χ3v) is 4.81. The van der Waals surface area contributed by atoms with Crippen LogP contribution in [0.15, 0.2) is 6.07 Å². The highest BCUT2D eigenvalue weighted by Gasteiger charge is 2.15. The molecule has 0 aliphatic heterocycles. The van der Waals surface area contributed by atoms with Crippen molar-refractivity contribution in [3.05, 3.63) is 21.4 Å². The summed E-state index contributed by atoms with van der Waals surface area (Å²) in [6, 6.07) is 1.95. The Morgan fingerprint density at radius 2 is 2.12 bits per heavy atom. The summed E-state index contributed by atoms with van der Waals surface area (Å²) in [5.41, 5.74) is 0.841. The van der Waals surface area contributed by atoms with Gasteiger partial charge in [-0.1, -0.05) is 6.92 Å². The summed E-state index contributed by atoms with van der Waals surface area (Å²) in [6.45, 7) is 7.68. The topological polar surface area (TPSA) is 37.3 Å². The minimum absolute atomic E-state index is 0.101. The van der Waals surface area contributed by atoms with Gasteiger partial charge in [-0.05, 0) is 26.8 Å². The molecule has 0 aliphatic rings. The molecule has 0 aliphatic carbocycles. The van der Waals surface area contributed by atoms with E-state index in [2.05, 4.69) is 0 Å². The number of carbonyl (C=O) groups is 1. The van der Waals surface area contributed by atoms with Crippen LogP contribution in [-0.4, -0.2) is 28.0 Å². The maximum atomic E-state index is 11.9. The van der Waals surface area contributed by atoms with Gasteiger partial charge in [-0.2, -0.15) is 0 Å². The lowest BCUT2D eigenvalue weighted by atomic mass is 10.2. The van der Waals surface area contributed by atoms with Crippen molar-refractivity contribution in [2.45, 2.75) is 39.0 Å². The highest BCUT2D eigenvalue weighted by Crippen LogP contribution is 2.23. The van der Waals surface area contributed by atoms with Gasteiger partial charge in [0.15, 0.2) is 5.78 Å². The molecule has 1 aromatic heterocycles. The maximum absolute atomic E-state index is 11.9. The highest BCUT2D eigenvalue weighted by molar-refractivity contribution is 8.00. The van der Waals surface area contributed by atoms with Crippen molar-refractivity contribution in [2.24, 2.45) is 0 Å². The Hall–Kier alpha value is -0.320. The summed E-state index contributed by atoms with van der Waals surface area (Å²) in [6.07, 6.45) is -0.372. The average molecular weight is 258 g/mol. The van der Waals surface area contributed by atoms with E-state index in [0.717, 1.165) is 10.4 Å². The van der Waals surface area contributed by atoms with Gasteiger partial charge in [0.1, 0.15) is 0 Å². The molecule has 16 heavy (non-hydrogen) atoms. The minimum Gasteiger partial charge on any atom is -0.392 e. The molecule has 0 saturated carbocycles. The maximum Gasteiger partial charge on any atom is 0.173 e. The zero-order valence-corrected chi connectivity index (χ0v) is 11.7. The number of aliphatic hydroxyl groups excluding tert-OH is 1. The normalized spacial score (nSPS) is 14.8. The third kappa shape index (κ3) is 3.61. The van der Waals surface area contributed by atoms with Crippen molar-refractivity contribution >= 4 is 28.9 Å². The molecule has 0 bridgehead atoms. The van der Waals surface area contributed by atoms with Crippen molar-refractivity contribution in [1.29, 1.82) is 0 Å². The van der Waals surface area contributed by atoms with Crippen LogP contribution in [0.3, 0.4) is 0 Å². The van der Waals surface area contributed by atoms with Crippen LogP contribution in [0.2, 0.25) is 0 Å². The van der Waals surface area contributed by atoms with Gasteiger partial charge >= 0.3 is 0 Å². The molecular weight excluding hydrogens is 240 g/mol. The molecule has 0 saturated heterocycles. The Bertz CT molecular complexity index is 369. The summed E-state index contributed by atoms with van der Waals surface area (Å²) in [5.74, 6) is 0.614. The van der Waals surface area contributed by atoms with Crippen molar-refractivity contribution in [1.82, 2.24) is 0 Å². The van der Waals surface area contributed by atoms with Crippen LogP contribution >= 0.6 is 23.1 Å². The van der Waals surface area contributed by atoms with Crippen LogP contribution in [0.25, 0.3) is 0 Å². The van der Waals surface area contributed by atoms with Crippen LogP contribution in [0.5, 0.6) is 0 Å². The molecule has 1 heterocycles. The van der Waals surface area contributed by atoms with Gasteiger partial charge < -0.3 is 5.11 Å². The lowest BCUT2D eigenvalue weighted by molar-refractivity contribution is 0.102. The SMILES string of the molecule is Cc1cc(C(=O)CSC(C)C(C)O)c(C)s1. The van der Waals surface area contributed by atoms with E-state index in [4.69, 9.17) is 0 Å². The van der Waals surface area contributed by atoms with Gasteiger partial charge in [-0.15, -0.1) is 23.1 Å². The second kappa shape index (κ2) is 5.84. The Morgan fingerprint density at radius 3 is 2.56 bits per heavy atom. The van der Waals surface area contributed by atoms with Gasteiger partial charge in [0.05, 0.1) is 11.9 Å². The quantitative estimate of drug-likeness (QED) is 0.825. The van der Waals surface area contributed by atoms with E-state index in [-0.39, 0.29) is 17.1 Å². The number of Topliss-reactive ketones (excluding diaryl/α,β-unsaturated/α-hetero) is 1. The predicted molar refractivity (Wildman–Crippen MR) is 71.7 cm³/mol. The summed E-state index contributed by atoms with van der Waals surface area (Å²) in [5, 5.41) is 9.43. The van der Waals surface area contributed by atoms with Gasteiger partial charge in [0.2, 0.25) is 0 Å². The Balaban J connectivity index is 2.56. The number of hydrogen-bond acceptors (Lipinski definition) is 4. The first-order chi connectivity index (χ1) is 7.41. The first-order valence-electron chi connectivity index (χ1n) is 5.31. The van der Waals surface area contributed by atoms with Gasteiger partial charge in [-0.3, -0.25) is 4.79 Å². The minimum atomic E-state index is -0.372. The lowest BCUT2D eigenvalue weighted by Crippen LogP contribution is -2.17. The average Bonchev–Trinajstić information content (AvgIpc) is 2.53. The molecule has 1 aromatic rings. The van der Waals surface area contributed by atoms with E-state index in [1.807, 2.05) is 26.8 Å². The fraction of sp³-hybridized carbons (Fsp3) is 0.583. The Kier molecular flexibility index (Phi) is 5.02. The largest absolute Gasteiger partial charge is 0.392 e. The number of carbonyl (C=O) groups excluding carboxylic acids is 1. The number of thioether (sulfide) groups is 1. The molecular formula is C12H18O2S2. The molecule has 2 atom stereocenters. The van der Waals surface area contributed by atoms with Gasteiger partial charge in [0.25, 0.3) is 0 Å². The van der Waals surface area contributed by atoms with E-state index < -0.39 is 0 Å². The number of thiophene rings is 1. The van der Waals surface area contributed by atoms with Crippen LogP contribution in [0.4, 0.5) is 0 Å². The number of hydrogen-bond donors (Lipinski definition) is 1. The smallest absolute Gasteiger partial charge is 0.173 e. The molecule has 0 fully saturated rings. The predicted octanol–water partition coefficient (Wildman–Crippen LogP) is 3.05. The molecule has 2 unspecified atom stereocenters. The van der Waals surface area contributed by atoms with Crippen LogP contribution < -0.4 is 0 Å². The van der Waals surface area contributed by atoms with Crippen LogP contribution in [0, 0.1) is 13.8 Å². The molecule has 2 nitrogen and oxygen atoms in total. The Labute approximate surface area is 105 Å². The van der Waals surface area contributed by atoms with E-state index in [9.17, 15) is 9.90 Å². The first-order valence-corrected chi connectivity index (χ1v) is 7.18. The first kappa shape index (κ1) is 13.7. The van der Waals surface area contributed by atoms with Crippen molar-refractivity contribution in [2.75, 3.05) is 5.75 Å². The van der Waals surface area contributed by atoms with Crippen molar-refractivity contribution in [3.63, 3.8) is 0 Å².